The number of hydrogen-bond acceptors (Lipinski definition) is 5. The molecule has 6 aromatic rings. The number of rotatable bonds is 10. The zero-order chi connectivity index (χ0) is 32.4. The molecule has 0 aliphatic rings. The van der Waals surface area contributed by atoms with Crippen molar-refractivity contribution in [2.75, 3.05) is 10.6 Å². The Bertz CT molecular complexity index is 2030. The molecule has 6 rings (SSSR count). The lowest BCUT2D eigenvalue weighted by Gasteiger charge is -2.18. The van der Waals surface area contributed by atoms with Crippen molar-refractivity contribution < 1.29 is 14.4 Å². The van der Waals surface area contributed by atoms with Gasteiger partial charge < -0.3 is 16.0 Å². The lowest BCUT2D eigenvalue weighted by molar-refractivity contribution is -0.116. The first-order chi connectivity index (χ1) is 23.0. The summed E-state index contributed by atoms with van der Waals surface area (Å²) in [6.07, 6.45) is 4.81. The van der Waals surface area contributed by atoms with Gasteiger partial charge in [0.15, 0.2) is 0 Å². The molecule has 1 atom stereocenters. The standard InChI is InChI=1S/C39H30N4O3S/c44-37(30-15-5-2-6-16-30)43-35(25-27-11-10-24-40-26-27)38(45)41-31-20-22-32(23-21-31)47-36(29-13-3-1-4-14-29)39(46)42-34-19-9-17-28-12-7-8-18-33(28)34/h1-26,36H,(H,41,45)(H,42,46)(H,43,44)/b35-25-. The minimum Gasteiger partial charge on any atom is -0.324 e. The zero-order valence-corrected chi connectivity index (χ0v) is 26.0. The van der Waals surface area contributed by atoms with Crippen LogP contribution < -0.4 is 16.0 Å². The van der Waals surface area contributed by atoms with Gasteiger partial charge in [0, 0.05) is 39.6 Å². The van der Waals surface area contributed by atoms with Crippen LogP contribution in [0.3, 0.4) is 0 Å². The third-order valence-corrected chi connectivity index (χ3v) is 8.54. The minimum atomic E-state index is -0.530. The van der Waals surface area contributed by atoms with Gasteiger partial charge in [0.2, 0.25) is 5.91 Å². The zero-order valence-electron chi connectivity index (χ0n) is 25.2. The molecule has 7 nitrogen and oxygen atoms in total. The number of pyridine rings is 1. The molecule has 0 saturated heterocycles. The van der Waals surface area contributed by atoms with Gasteiger partial charge in [-0.3, -0.25) is 19.4 Å². The Kier molecular flexibility index (Phi) is 9.81. The van der Waals surface area contributed by atoms with Crippen molar-refractivity contribution in [3.63, 3.8) is 0 Å². The molecule has 8 heteroatoms. The summed E-state index contributed by atoms with van der Waals surface area (Å²) in [4.78, 5) is 45.0. The topological polar surface area (TPSA) is 100 Å². The number of thioether (sulfide) groups is 1. The minimum absolute atomic E-state index is 0.0690. The summed E-state index contributed by atoms with van der Waals surface area (Å²) in [6.45, 7) is 0. The molecule has 0 aliphatic carbocycles. The van der Waals surface area contributed by atoms with Gasteiger partial charge in [-0.2, -0.15) is 0 Å². The summed E-state index contributed by atoms with van der Waals surface area (Å²) in [5, 5.41) is 10.2. The number of nitrogens with zero attached hydrogens (tertiary/aromatic N) is 1. The number of carbonyl (C=O) groups excluding carboxylic acids is 3. The third kappa shape index (κ3) is 8.00. The van der Waals surface area contributed by atoms with Crippen molar-refractivity contribution in [1.82, 2.24) is 10.3 Å². The molecule has 3 amide bonds. The Hall–Kier alpha value is -5.99. The summed E-state index contributed by atoms with van der Waals surface area (Å²) in [5.41, 5.74) is 3.30. The van der Waals surface area contributed by atoms with E-state index in [2.05, 4.69) is 20.9 Å². The molecule has 0 saturated carbocycles. The predicted molar refractivity (Wildman–Crippen MR) is 189 cm³/mol. The number of aromatic nitrogens is 1. The fourth-order valence-electron chi connectivity index (χ4n) is 4.96. The van der Waals surface area contributed by atoms with Gasteiger partial charge in [-0.1, -0.05) is 91.0 Å². The summed E-state index contributed by atoms with van der Waals surface area (Å²) in [7, 11) is 0. The molecule has 0 fully saturated rings. The number of carbonyl (C=O) groups is 3. The van der Waals surface area contributed by atoms with Crippen molar-refractivity contribution in [1.29, 1.82) is 0 Å². The first-order valence-electron chi connectivity index (χ1n) is 14.9. The van der Waals surface area contributed by atoms with Crippen molar-refractivity contribution in [3.05, 3.63) is 174 Å². The number of amides is 3. The van der Waals surface area contributed by atoms with Crippen molar-refractivity contribution in [2.24, 2.45) is 0 Å². The van der Waals surface area contributed by atoms with Gasteiger partial charge in [-0.05, 0) is 71.1 Å². The Morgan fingerprint density at radius 1 is 0.681 bits per heavy atom. The van der Waals surface area contributed by atoms with Crippen LogP contribution in [0.2, 0.25) is 0 Å². The van der Waals surface area contributed by atoms with Crippen LogP contribution >= 0.6 is 11.8 Å². The van der Waals surface area contributed by atoms with Gasteiger partial charge >= 0.3 is 0 Å². The molecule has 1 aromatic heterocycles. The van der Waals surface area contributed by atoms with Crippen LogP contribution in [0.1, 0.15) is 26.7 Å². The molecule has 47 heavy (non-hydrogen) atoms. The number of benzene rings is 5. The Morgan fingerprint density at radius 2 is 1.38 bits per heavy atom. The molecular formula is C39H30N4O3S. The normalized spacial score (nSPS) is 11.8. The van der Waals surface area contributed by atoms with Crippen LogP contribution in [0, 0.1) is 0 Å². The Labute approximate surface area is 276 Å². The second kappa shape index (κ2) is 14.9. The highest BCUT2D eigenvalue weighted by atomic mass is 32.2. The summed E-state index contributed by atoms with van der Waals surface area (Å²) < 4.78 is 0. The van der Waals surface area contributed by atoms with Crippen LogP contribution in [-0.4, -0.2) is 22.7 Å². The van der Waals surface area contributed by atoms with E-state index < -0.39 is 17.1 Å². The van der Waals surface area contributed by atoms with Crippen LogP contribution in [0.15, 0.2) is 163 Å². The molecule has 5 aromatic carbocycles. The molecule has 0 aliphatic heterocycles. The number of hydrogen-bond donors (Lipinski definition) is 3. The quantitative estimate of drug-likeness (QED) is 0.104. The van der Waals surface area contributed by atoms with Crippen molar-refractivity contribution in [2.45, 2.75) is 10.1 Å². The van der Waals surface area contributed by atoms with Crippen LogP contribution in [0.5, 0.6) is 0 Å². The fraction of sp³-hybridized carbons (Fsp3) is 0.0256. The summed E-state index contributed by atoms with van der Waals surface area (Å²) in [5.74, 6) is -1.04. The number of nitrogens with one attached hydrogen (secondary N) is 3. The van der Waals surface area contributed by atoms with Gasteiger partial charge in [0.25, 0.3) is 11.8 Å². The van der Waals surface area contributed by atoms with E-state index in [4.69, 9.17) is 0 Å². The number of anilines is 2. The fourth-order valence-corrected chi connectivity index (χ4v) is 5.98. The highest BCUT2D eigenvalue weighted by molar-refractivity contribution is 8.00. The van der Waals surface area contributed by atoms with Crippen LogP contribution in [0.4, 0.5) is 11.4 Å². The smallest absolute Gasteiger partial charge is 0.272 e. The monoisotopic (exact) mass is 634 g/mol. The number of fused-ring (bicyclic) bond motifs is 1. The van der Waals surface area contributed by atoms with Crippen molar-refractivity contribution >= 4 is 57.7 Å². The largest absolute Gasteiger partial charge is 0.324 e. The SMILES string of the molecule is O=C(Nc1ccc(SC(C(=O)Nc2cccc3ccccc23)c2ccccc2)cc1)/C(=C/c1cccnc1)NC(=O)c1ccccc1. The first-order valence-corrected chi connectivity index (χ1v) is 15.8. The van der Waals surface area contributed by atoms with E-state index in [9.17, 15) is 14.4 Å². The van der Waals surface area contributed by atoms with E-state index in [1.54, 1.807) is 67.0 Å². The summed E-state index contributed by atoms with van der Waals surface area (Å²) >= 11 is 1.42. The maximum Gasteiger partial charge on any atom is 0.272 e. The highest BCUT2D eigenvalue weighted by Crippen LogP contribution is 2.37. The van der Waals surface area contributed by atoms with E-state index in [-0.39, 0.29) is 11.6 Å². The average Bonchev–Trinajstić information content (AvgIpc) is 3.12. The van der Waals surface area contributed by atoms with Gasteiger partial charge in [0.05, 0.1) is 0 Å². The highest BCUT2D eigenvalue weighted by Gasteiger charge is 2.23. The lowest BCUT2D eigenvalue weighted by atomic mass is 10.1. The molecule has 0 spiro atoms. The van der Waals surface area contributed by atoms with Crippen LogP contribution in [0.25, 0.3) is 16.8 Å². The average molecular weight is 635 g/mol. The molecule has 0 bridgehead atoms. The van der Waals surface area contributed by atoms with Gasteiger partial charge in [-0.15, -0.1) is 11.8 Å². The molecular weight excluding hydrogens is 605 g/mol. The maximum atomic E-state index is 13.8. The van der Waals surface area contributed by atoms with E-state index in [1.165, 1.54) is 11.8 Å². The second-order valence-electron chi connectivity index (χ2n) is 10.6. The van der Waals surface area contributed by atoms with E-state index in [1.807, 2.05) is 91.0 Å². The molecule has 230 valence electrons. The van der Waals surface area contributed by atoms with E-state index >= 15 is 0 Å². The molecule has 3 N–H and O–H groups in total. The molecule has 1 unspecified atom stereocenters. The molecule has 0 radical (unpaired) electrons. The third-order valence-electron chi connectivity index (χ3n) is 7.28. The Balaban J connectivity index is 1.19. The Morgan fingerprint density at radius 3 is 2.13 bits per heavy atom. The maximum absolute atomic E-state index is 13.8. The molecule has 1 heterocycles. The van der Waals surface area contributed by atoms with Gasteiger partial charge in [-0.25, -0.2) is 0 Å². The van der Waals surface area contributed by atoms with Crippen LogP contribution in [-0.2, 0) is 9.59 Å². The predicted octanol–water partition coefficient (Wildman–Crippen LogP) is 8.12. The first kappa shape index (κ1) is 31.0. The van der Waals surface area contributed by atoms with E-state index in [0.29, 0.717) is 16.8 Å². The second-order valence-corrected chi connectivity index (χ2v) is 11.7. The van der Waals surface area contributed by atoms with Crippen molar-refractivity contribution in [3.8, 4) is 0 Å². The van der Waals surface area contributed by atoms with Gasteiger partial charge in [0.1, 0.15) is 10.9 Å². The lowest BCUT2D eigenvalue weighted by Crippen LogP contribution is -2.30. The van der Waals surface area contributed by atoms with E-state index in [0.717, 1.165) is 26.9 Å². The summed E-state index contributed by atoms with van der Waals surface area (Å²) in [6, 6.07) is 42.9.